The maximum atomic E-state index is 5.93. The molecular formula is C11H12N2O3. The van der Waals surface area contributed by atoms with Crippen molar-refractivity contribution in [3.05, 3.63) is 24.6 Å². The van der Waals surface area contributed by atoms with Crippen LogP contribution in [-0.4, -0.2) is 19.2 Å². The summed E-state index contributed by atoms with van der Waals surface area (Å²) in [5, 5.41) is 0. The lowest BCUT2D eigenvalue weighted by Crippen LogP contribution is -1.97. The fourth-order valence-electron chi connectivity index (χ4n) is 1.42. The van der Waals surface area contributed by atoms with E-state index in [2.05, 4.69) is 4.98 Å². The molecule has 16 heavy (non-hydrogen) atoms. The molecule has 1 aromatic carbocycles. The molecule has 5 heteroatoms. The molecule has 0 bridgehead atoms. The van der Waals surface area contributed by atoms with Gasteiger partial charge in [-0.2, -0.15) is 0 Å². The third-order valence-electron chi connectivity index (χ3n) is 2.23. The minimum Gasteiger partial charge on any atom is -0.497 e. The molecule has 0 fully saturated rings. The standard InChI is InChI=1S/C11H12N2O3/c1-14-7-5-8(11-13-3-4-16-11)10(12)9(6-7)15-2/h3-6H,12H2,1-2H3. The SMILES string of the molecule is COc1cc(OC)c(N)c(-c2ncco2)c1. The molecular weight excluding hydrogens is 208 g/mol. The number of nitrogens with zero attached hydrogens (tertiary/aromatic N) is 1. The Kier molecular flexibility index (Phi) is 2.68. The molecule has 0 aliphatic heterocycles. The van der Waals surface area contributed by atoms with Crippen molar-refractivity contribution < 1.29 is 13.9 Å². The number of nitrogen functional groups attached to an aromatic ring is 1. The lowest BCUT2D eigenvalue weighted by Gasteiger charge is -2.10. The Morgan fingerprint density at radius 3 is 2.62 bits per heavy atom. The average molecular weight is 220 g/mol. The first kappa shape index (κ1) is 10.4. The fraction of sp³-hybridized carbons (Fsp3) is 0.182. The van der Waals surface area contributed by atoms with Crippen LogP contribution in [0.3, 0.4) is 0 Å². The summed E-state index contributed by atoms with van der Waals surface area (Å²) in [7, 11) is 3.12. The van der Waals surface area contributed by atoms with E-state index in [4.69, 9.17) is 19.6 Å². The van der Waals surface area contributed by atoms with E-state index in [0.717, 1.165) is 0 Å². The van der Waals surface area contributed by atoms with Crippen LogP contribution in [0.25, 0.3) is 11.5 Å². The van der Waals surface area contributed by atoms with E-state index in [0.29, 0.717) is 28.6 Å². The van der Waals surface area contributed by atoms with Crippen molar-refractivity contribution >= 4 is 5.69 Å². The van der Waals surface area contributed by atoms with Crippen LogP contribution in [0.2, 0.25) is 0 Å². The summed E-state index contributed by atoms with van der Waals surface area (Å²) < 4.78 is 15.5. The summed E-state index contributed by atoms with van der Waals surface area (Å²) >= 11 is 0. The highest BCUT2D eigenvalue weighted by atomic mass is 16.5. The van der Waals surface area contributed by atoms with Gasteiger partial charge in [0.1, 0.15) is 17.8 Å². The highest BCUT2D eigenvalue weighted by Crippen LogP contribution is 2.36. The van der Waals surface area contributed by atoms with E-state index in [9.17, 15) is 0 Å². The third kappa shape index (κ3) is 1.67. The van der Waals surface area contributed by atoms with Gasteiger partial charge in [-0.3, -0.25) is 0 Å². The number of hydrogen-bond acceptors (Lipinski definition) is 5. The van der Waals surface area contributed by atoms with Crippen LogP contribution >= 0.6 is 0 Å². The van der Waals surface area contributed by atoms with Gasteiger partial charge in [-0.25, -0.2) is 4.98 Å². The van der Waals surface area contributed by atoms with Gasteiger partial charge in [-0.05, 0) is 6.07 Å². The predicted molar refractivity (Wildman–Crippen MR) is 59.5 cm³/mol. The van der Waals surface area contributed by atoms with Crippen LogP contribution in [0.1, 0.15) is 0 Å². The summed E-state index contributed by atoms with van der Waals surface area (Å²) in [6.07, 6.45) is 3.04. The topological polar surface area (TPSA) is 70.5 Å². The molecule has 0 spiro atoms. The molecule has 2 aromatic rings. The second-order valence-electron chi connectivity index (χ2n) is 3.13. The van der Waals surface area contributed by atoms with Gasteiger partial charge in [-0.1, -0.05) is 0 Å². The number of hydrogen-bond donors (Lipinski definition) is 1. The maximum absolute atomic E-state index is 5.93. The van der Waals surface area contributed by atoms with Crippen molar-refractivity contribution in [2.24, 2.45) is 0 Å². The third-order valence-corrected chi connectivity index (χ3v) is 2.23. The lowest BCUT2D eigenvalue weighted by atomic mass is 10.1. The van der Waals surface area contributed by atoms with Crippen molar-refractivity contribution in [3.63, 3.8) is 0 Å². The molecule has 0 saturated heterocycles. The van der Waals surface area contributed by atoms with E-state index in [1.165, 1.54) is 6.26 Å². The number of rotatable bonds is 3. The zero-order valence-corrected chi connectivity index (χ0v) is 9.06. The summed E-state index contributed by atoms with van der Waals surface area (Å²) in [6.45, 7) is 0. The molecule has 0 aliphatic rings. The highest BCUT2D eigenvalue weighted by Gasteiger charge is 2.13. The number of anilines is 1. The van der Waals surface area contributed by atoms with E-state index < -0.39 is 0 Å². The van der Waals surface area contributed by atoms with Gasteiger partial charge < -0.3 is 19.6 Å². The first-order valence-corrected chi connectivity index (χ1v) is 4.67. The van der Waals surface area contributed by atoms with E-state index in [1.54, 1.807) is 32.5 Å². The Bertz CT molecular complexity index is 480. The van der Waals surface area contributed by atoms with Crippen LogP contribution in [0.4, 0.5) is 5.69 Å². The molecule has 1 aromatic heterocycles. The molecule has 0 atom stereocenters. The zero-order valence-electron chi connectivity index (χ0n) is 9.06. The van der Waals surface area contributed by atoms with Crippen molar-refractivity contribution in [3.8, 4) is 23.0 Å². The zero-order chi connectivity index (χ0) is 11.5. The quantitative estimate of drug-likeness (QED) is 0.800. The summed E-state index contributed by atoms with van der Waals surface area (Å²) in [4.78, 5) is 4.04. The van der Waals surface area contributed by atoms with Gasteiger partial charge in [-0.15, -0.1) is 0 Å². The number of benzene rings is 1. The minimum absolute atomic E-state index is 0.440. The molecule has 5 nitrogen and oxygen atoms in total. The molecule has 84 valence electrons. The van der Waals surface area contributed by atoms with Gasteiger partial charge in [0.25, 0.3) is 0 Å². The molecule has 2 rings (SSSR count). The minimum atomic E-state index is 0.440. The number of oxazole rings is 1. The molecule has 0 unspecified atom stereocenters. The number of aromatic nitrogens is 1. The maximum Gasteiger partial charge on any atom is 0.228 e. The van der Waals surface area contributed by atoms with Gasteiger partial charge in [0.2, 0.25) is 5.89 Å². The van der Waals surface area contributed by atoms with E-state index in [1.807, 2.05) is 0 Å². The number of ether oxygens (including phenoxy) is 2. The summed E-state index contributed by atoms with van der Waals surface area (Å²) in [5.74, 6) is 1.61. The second kappa shape index (κ2) is 4.14. The molecule has 1 heterocycles. The molecule has 0 saturated carbocycles. The molecule has 2 N–H and O–H groups in total. The molecule has 0 aliphatic carbocycles. The van der Waals surface area contributed by atoms with Gasteiger partial charge in [0, 0.05) is 6.07 Å². The lowest BCUT2D eigenvalue weighted by molar-refractivity contribution is 0.395. The Morgan fingerprint density at radius 2 is 2.06 bits per heavy atom. The van der Waals surface area contributed by atoms with Crippen LogP contribution in [0.15, 0.2) is 29.0 Å². The van der Waals surface area contributed by atoms with E-state index >= 15 is 0 Å². The van der Waals surface area contributed by atoms with Crippen LogP contribution in [-0.2, 0) is 0 Å². The van der Waals surface area contributed by atoms with E-state index in [-0.39, 0.29) is 0 Å². The largest absolute Gasteiger partial charge is 0.497 e. The first-order valence-electron chi connectivity index (χ1n) is 4.67. The van der Waals surface area contributed by atoms with Crippen LogP contribution < -0.4 is 15.2 Å². The molecule has 0 amide bonds. The average Bonchev–Trinajstić information content (AvgIpc) is 2.83. The Hall–Kier alpha value is -2.17. The Balaban J connectivity index is 2.59. The van der Waals surface area contributed by atoms with Crippen LogP contribution in [0.5, 0.6) is 11.5 Å². The first-order chi connectivity index (χ1) is 7.76. The van der Waals surface area contributed by atoms with Gasteiger partial charge >= 0.3 is 0 Å². The normalized spacial score (nSPS) is 10.1. The number of methoxy groups -OCH3 is 2. The van der Waals surface area contributed by atoms with Crippen molar-refractivity contribution in [2.45, 2.75) is 0 Å². The highest BCUT2D eigenvalue weighted by molar-refractivity contribution is 5.77. The summed E-state index contributed by atoms with van der Waals surface area (Å²) in [6, 6.07) is 3.46. The fourth-order valence-corrected chi connectivity index (χ4v) is 1.42. The van der Waals surface area contributed by atoms with Crippen molar-refractivity contribution in [2.75, 3.05) is 20.0 Å². The smallest absolute Gasteiger partial charge is 0.228 e. The van der Waals surface area contributed by atoms with Crippen molar-refractivity contribution in [1.29, 1.82) is 0 Å². The van der Waals surface area contributed by atoms with Crippen LogP contribution in [0, 0.1) is 0 Å². The molecule has 0 radical (unpaired) electrons. The predicted octanol–water partition coefficient (Wildman–Crippen LogP) is 1.94. The van der Waals surface area contributed by atoms with Gasteiger partial charge in [0.05, 0.1) is 31.7 Å². The Morgan fingerprint density at radius 1 is 1.25 bits per heavy atom. The van der Waals surface area contributed by atoms with Crippen molar-refractivity contribution in [1.82, 2.24) is 4.98 Å². The van der Waals surface area contributed by atoms with Gasteiger partial charge in [0.15, 0.2) is 0 Å². The Labute approximate surface area is 92.8 Å². The monoisotopic (exact) mass is 220 g/mol. The second-order valence-corrected chi connectivity index (χ2v) is 3.13. The number of nitrogens with two attached hydrogens (primary N) is 1. The summed E-state index contributed by atoms with van der Waals surface area (Å²) in [5.41, 5.74) is 7.06.